The Kier molecular flexibility index (Phi) is 9.99. The summed E-state index contributed by atoms with van der Waals surface area (Å²) in [6.45, 7) is 10.3. The van der Waals surface area contributed by atoms with Gasteiger partial charge in [-0.3, -0.25) is 9.59 Å². The number of nitrogens with one attached hydrogen (secondary N) is 1. The average molecular weight is 409 g/mol. The van der Waals surface area contributed by atoms with Crippen molar-refractivity contribution in [2.75, 3.05) is 6.54 Å². The number of allylic oxidation sites excluding steroid dienone is 1. The van der Waals surface area contributed by atoms with Crippen LogP contribution in [0.4, 0.5) is 8.78 Å². The number of aryl methyl sites for hydroxylation is 1. The second-order valence-corrected chi connectivity index (χ2v) is 8.06. The van der Waals surface area contributed by atoms with Crippen LogP contribution in [0.1, 0.15) is 46.1 Å². The molecule has 2 fully saturated rings. The van der Waals surface area contributed by atoms with Crippen molar-refractivity contribution in [2.24, 2.45) is 35.3 Å². The number of rotatable bonds is 4. The van der Waals surface area contributed by atoms with Crippen LogP contribution in [-0.4, -0.2) is 18.4 Å². The molecule has 0 heterocycles. The molecule has 2 aliphatic rings. The van der Waals surface area contributed by atoms with Crippen LogP contribution in [0, 0.1) is 48.1 Å². The van der Waals surface area contributed by atoms with Crippen molar-refractivity contribution in [1.82, 2.24) is 5.32 Å². The Bertz CT molecular complexity index is 656. The summed E-state index contributed by atoms with van der Waals surface area (Å²) in [6.07, 6.45) is 6.16. The van der Waals surface area contributed by atoms with Crippen LogP contribution in [0.25, 0.3) is 0 Å². The number of hydrogen-bond acceptors (Lipinski definition) is 2. The number of amides is 2. The summed E-state index contributed by atoms with van der Waals surface area (Å²) < 4.78 is 24.4. The van der Waals surface area contributed by atoms with Crippen LogP contribution in [-0.2, 0) is 9.59 Å². The van der Waals surface area contributed by atoms with Crippen LogP contribution in [0.5, 0.6) is 0 Å². The molecule has 162 valence electrons. The predicted molar refractivity (Wildman–Crippen MR) is 112 cm³/mol. The van der Waals surface area contributed by atoms with Crippen molar-refractivity contribution in [3.63, 3.8) is 0 Å². The smallest absolute Gasteiger partial charge is 0.244 e. The normalized spacial score (nSPS) is 26.5. The molecule has 1 aromatic carbocycles. The molecule has 4 atom stereocenters. The van der Waals surface area contributed by atoms with Gasteiger partial charge in [-0.15, -0.1) is 0 Å². The molecule has 4 nitrogen and oxygen atoms in total. The van der Waals surface area contributed by atoms with Gasteiger partial charge in [-0.05, 0) is 66.7 Å². The fourth-order valence-electron chi connectivity index (χ4n) is 3.97. The highest BCUT2D eigenvalue weighted by molar-refractivity contribution is 5.90. The van der Waals surface area contributed by atoms with Crippen LogP contribution < -0.4 is 11.1 Å². The highest BCUT2D eigenvalue weighted by Crippen LogP contribution is 2.61. The van der Waals surface area contributed by atoms with Crippen LogP contribution in [0.15, 0.2) is 30.4 Å². The Hall–Kier alpha value is -2.24. The van der Waals surface area contributed by atoms with E-state index in [2.05, 4.69) is 33.0 Å². The molecule has 1 aromatic rings. The standard InChI is InChI=1S/C13H20N2O2.C7H6F2.C3H8/c1-7-9(8(2)11-5-10(7)11)3-4-13(17)15-6-12(14)16;1-5-2-6(8)4-7(9)3-5;1-3-2/h3-4,7-11H,5-6H2,1-2H3,(H2,14,16)(H,15,17);2-4H,1H3;3H2,1-2H3/b4-3+;;. The second kappa shape index (κ2) is 11.7. The van der Waals surface area contributed by atoms with Crippen LogP contribution in [0.2, 0.25) is 0 Å². The SMILES string of the molecule is CC1C(/C=C/C(=O)NCC(N)=O)C(C)C2CC12.CCC.Cc1cc(F)cc(F)c1. The number of fused-ring (bicyclic) bond motifs is 1. The van der Waals surface area contributed by atoms with E-state index in [-0.39, 0.29) is 12.5 Å². The van der Waals surface area contributed by atoms with Crippen molar-refractivity contribution >= 4 is 11.8 Å². The number of primary amides is 1. The minimum atomic E-state index is -0.521. The summed E-state index contributed by atoms with van der Waals surface area (Å²) in [5, 5.41) is 2.46. The van der Waals surface area contributed by atoms with E-state index < -0.39 is 17.5 Å². The Morgan fingerprint density at radius 3 is 2.00 bits per heavy atom. The first-order valence-electron chi connectivity index (χ1n) is 10.3. The van der Waals surface area contributed by atoms with Crippen LogP contribution in [0.3, 0.4) is 0 Å². The monoisotopic (exact) mass is 408 g/mol. The van der Waals surface area contributed by atoms with Gasteiger partial charge in [0.25, 0.3) is 0 Å². The van der Waals surface area contributed by atoms with Gasteiger partial charge in [0.2, 0.25) is 11.8 Å². The summed E-state index contributed by atoms with van der Waals surface area (Å²) in [5.41, 5.74) is 5.55. The average Bonchev–Trinajstić information content (AvgIpc) is 3.36. The molecule has 0 saturated heterocycles. The van der Waals surface area contributed by atoms with E-state index in [1.165, 1.54) is 25.0 Å². The molecule has 3 N–H and O–H groups in total. The van der Waals surface area contributed by atoms with Gasteiger partial charge in [0.1, 0.15) is 11.6 Å². The van der Waals surface area contributed by atoms with Gasteiger partial charge in [-0.2, -0.15) is 0 Å². The molecule has 4 unspecified atom stereocenters. The molecule has 6 heteroatoms. The van der Waals surface area contributed by atoms with E-state index >= 15 is 0 Å². The lowest BCUT2D eigenvalue weighted by atomic mass is 9.86. The Morgan fingerprint density at radius 2 is 1.59 bits per heavy atom. The van der Waals surface area contributed by atoms with Crippen molar-refractivity contribution in [1.29, 1.82) is 0 Å². The maximum atomic E-state index is 12.2. The van der Waals surface area contributed by atoms with E-state index in [0.717, 1.165) is 17.9 Å². The lowest BCUT2D eigenvalue weighted by molar-refractivity contribution is -0.122. The zero-order chi connectivity index (χ0) is 22.1. The molecule has 2 amide bonds. The van der Waals surface area contributed by atoms with Gasteiger partial charge in [-0.25, -0.2) is 8.78 Å². The van der Waals surface area contributed by atoms with Gasteiger partial charge in [0.15, 0.2) is 0 Å². The number of benzene rings is 1. The number of carbonyl (C=O) groups excluding carboxylic acids is 2. The third-order valence-electron chi connectivity index (χ3n) is 5.37. The number of carbonyl (C=O) groups is 2. The molecular weight excluding hydrogens is 374 g/mol. The molecule has 0 radical (unpaired) electrons. The van der Waals surface area contributed by atoms with Gasteiger partial charge < -0.3 is 11.1 Å². The highest BCUT2D eigenvalue weighted by Gasteiger charge is 2.54. The fraction of sp³-hybridized carbons (Fsp3) is 0.565. The number of nitrogens with two attached hydrogens (primary N) is 1. The molecule has 3 rings (SSSR count). The number of hydrogen-bond donors (Lipinski definition) is 2. The lowest BCUT2D eigenvalue weighted by Crippen LogP contribution is -2.32. The van der Waals surface area contributed by atoms with Gasteiger partial charge in [-0.1, -0.05) is 40.2 Å². The first-order chi connectivity index (χ1) is 13.6. The van der Waals surface area contributed by atoms with E-state index in [4.69, 9.17) is 5.73 Å². The maximum absolute atomic E-state index is 12.2. The molecule has 0 aliphatic heterocycles. The minimum Gasteiger partial charge on any atom is -0.368 e. The molecule has 2 saturated carbocycles. The third-order valence-corrected chi connectivity index (χ3v) is 5.37. The van der Waals surface area contributed by atoms with E-state index in [0.29, 0.717) is 23.3 Å². The fourth-order valence-corrected chi connectivity index (χ4v) is 3.97. The van der Waals surface area contributed by atoms with Gasteiger partial charge in [0.05, 0.1) is 6.54 Å². The Labute approximate surface area is 172 Å². The van der Waals surface area contributed by atoms with Gasteiger partial charge in [0, 0.05) is 6.07 Å². The molecule has 29 heavy (non-hydrogen) atoms. The lowest BCUT2D eigenvalue weighted by Gasteiger charge is -2.19. The van der Waals surface area contributed by atoms with Crippen molar-refractivity contribution in [3.05, 3.63) is 47.5 Å². The second-order valence-electron chi connectivity index (χ2n) is 8.06. The maximum Gasteiger partial charge on any atom is 0.244 e. The summed E-state index contributed by atoms with van der Waals surface area (Å²) in [5.74, 6) is 1.80. The predicted octanol–water partition coefficient (Wildman–Crippen LogP) is 4.37. The Morgan fingerprint density at radius 1 is 1.10 bits per heavy atom. The van der Waals surface area contributed by atoms with Crippen molar-refractivity contribution in [3.8, 4) is 0 Å². The molecule has 0 spiro atoms. The zero-order valence-corrected chi connectivity index (χ0v) is 18.0. The molecule has 2 aliphatic carbocycles. The summed E-state index contributed by atoms with van der Waals surface area (Å²) >= 11 is 0. The third kappa shape index (κ3) is 8.34. The highest BCUT2D eigenvalue weighted by atomic mass is 19.1. The minimum absolute atomic E-state index is 0.0931. The topological polar surface area (TPSA) is 72.2 Å². The first-order valence-corrected chi connectivity index (χ1v) is 10.3. The quantitative estimate of drug-likeness (QED) is 0.726. The molecule has 0 aromatic heterocycles. The summed E-state index contributed by atoms with van der Waals surface area (Å²) in [4.78, 5) is 21.9. The van der Waals surface area contributed by atoms with Gasteiger partial charge >= 0.3 is 0 Å². The zero-order valence-electron chi connectivity index (χ0n) is 18.0. The summed E-state index contributed by atoms with van der Waals surface area (Å²) in [6, 6.07) is 3.42. The van der Waals surface area contributed by atoms with E-state index in [1.807, 2.05) is 6.08 Å². The number of halogens is 2. The van der Waals surface area contributed by atoms with Crippen molar-refractivity contribution < 1.29 is 18.4 Å². The van der Waals surface area contributed by atoms with Crippen molar-refractivity contribution in [2.45, 2.75) is 47.5 Å². The largest absolute Gasteiger partial charge is 0.368 e. The first kappa shape index (κ1) is 24.8. The Balaban J connectivity index is 0.000000294. The summed E-state index contributed by atoms with van der Waals surface area (Å²) in [7, 11) is 0. The molecule has 0 bridgehead atoms. The van der Waals surface area contributed by atoms with E-state index in [9.17, 15) is 18.4 Å². The van der Waals surface area contributed by atoms with E-state index in [1.54, 1.807) is 13.0 Å². The van der Waals surface area contributed by atoms with Crippen LogP contribution >= 0.6 is 0 Å². The molecular formula is C23H34F2N2O2.